The van der Waals surface area contributed by atoms with E-state index >= 15 is 0 Å². The number of aliphatic hydroxyl groups is 1. The Morgan fingerprint density at radius 2 is 2.00 bits per heavy atom. The van der Waals surface area contributed by atoms with Gasteiger partial charge in [-0.25, -0.2) is 14.4 Å². The first-order valence-corrected chi connectivity index (χ1v) is 10.9. The van der Waals surface area contributed by atoms with Crippen LogP contribution in [0.5, 0.6) is 5.75 Å². The predicted octanol–water partition coefficient (Wildman–Crippen LogP) is 3.33. The van der Waals surface area contributed by atoms with Crippen molar-refractivity contribution in [1.82, 2.24) is 9.96 Å². The van der Waals surface area contributed by atoms with E-state index in [1.165, 1.54) is 29.2 Å². The number of nitrogens with zero attached hydrogens (tertiary/aromatic N) is 3. The third-order valence-electron chi connectivity index (χ3n) is 6.22. The molecule has 0 spiro atoms. The minimum absolute atomic E-state index is 0.186. The Morgan fingerprint density at radius 1 is 1.26 bits per heavy atom. The zero-order valence-corrected chi connectivity index (χ0v) is 19.2. The van der Waals surface area contributed by atoms with Crippen LogP contribution in [0.3, 0.4) is 0 Å². The van der Waals surface area contributed by atoms with Crippen molar-refractivity contribution in [2.75, 3.05) is 13.7 Å². The standard InChI is InChI=1S/C25H26FN3O5/c1-14(2)28-12-19(29(33-4)22(25(28)32)23(30)24(31)27-3)21-17-8-6-5-7-15(17)13-34-20-10-9-16(26)11-18(20)21/h5-11,14,19,21,30H,3,12-13H2,1-2,4H3/b23-22+. The summed E-state index contributed by atoms with van der Waals surface area (Å²) in [6.07, 6.45) is 0. The number of amides is 2. The average molecular weight is 467 g/mol. The van der Waals surface area contributed by atoms with Crippen LogP contribution in [0.1, 0.15) is 36.5 Å². The number of aliphatic imine (C=N–C) groups is 1. The summed E-state index contributed by atoms with van der Waals surface area (Å²) in [5.74, 6) is -2.95. The largest absolute Gasteiger partial charge is 0.501 e. The number of benzene rings is 2. The van der Waals surface area contributed by atoms with Gasteiger partial charge in [-0.05, 0) is 49.9 Å². The lowest BCUT2D eigenvalue weighted by atomic mass is 9.81. The molecule has 1 N–H and O–H groups in total. The summed E-state index contributed by atoms with van der Waals surface area (Å²) in [5.41, 5.74) is 1.99. The van der Waals surface area contributed by atoms with E-state index in [9.17, 15) is 19.1 Å². The molecular formula is C25H26FN3O5. The number of rotatable bonds is 4. The molecule has 2 aromatic rings. The van der Waals surface area contributed by atoms with Crippen molar-refractivity contribution in [2.24, 2.45) is 4.99 Å². The van der Waals surface area contributed by atoms with Gasteiger partial charge in [0.05, 0.1) is 13.2 Å². The molecule has 0 aromatic heterocycles. The van der Waals surface area contributed by atoms with E-state index in [1.807, 2.05) is 38.1 Å². The highest BCUT2D eigenvalue weighted by Crippen LogP contribution is 2.44. The average Bonchev–Trinajstić information content (AvgIpc) is 2.99. The second-order valence-electron chi connectivity index (χ2n) is 8.43. The summed E-state index contributed by atoms with van der Waals surface area (Å²) >= 11 is 0. The molecular weight excluding hydrogens is 441 g/mol. The summed E-state index contributed by atoms with van der Waals surface area (Å²) in [6.45, 7) is 7.29. The van der Waals surface area contributed by atoms with Gasteiger partial charge in [0.2, 0.25) is 5.76 Å². The fourth-order valence-corrected chi connectivity index (χ4v) is 4.65. The van der Waals surface area contributed by atoms with Crippen molar-refractivity contribution in [3.63, 3.8) is 0 Å². The van der Waals surface area contributed by atoms with E-state index in [0.29, 0.717) is 11.3 Å². The van der Waals surface area contributed by atoms with Gasteiger partial charge in [-0.1, -0.05) is 24.3 Å². The van der Waals surface area contributed by atoms with E-state index in [4.69, 9.17) is 9.57 Å². The van der Waals surface area contributed by atoms with Crippen molar-refractivity contribution >= 4 is 18.5 Å². The SMILES string of the molecule is C=NC(=O)/C(O)=C1/C(=O)N(C(C)C)CC(C2c3ccccc3COc3ccc(F)cc32)N1OC. The van der Waals surface area contributed by atoms with Crippen LogP contribution in [0.4, 0.5) is 4.39 Å². The van der Waals surface area contributed by atoms with Crippen LogP contribution in [0.15, 0.2) is 58.9 Å². The van der Waals surface area contributed by atoms with E-state index < -0.39 is 35.4 Å². The Bertz CT molecular complexity index is 1180. The zero-order valence-electron chi connectivity index (χ0n) is 19.2. The highest BCUT2D eigenvalue weighted by Gasteiger charge is 2.46. The highest BCUT2D eigenvalue weighted by atomic mass is 19.1. The molecule has 0 radical (unpaired) electrons. The van der Waals surface area contributed by atoms with E-state index in [0.717, 1.165) is 11.1 Å². The fourth-order valence-electron chi connectivity index (χ4n) is 4.65. The molecule has 178 valence electrons. The van der Waals surface area contributed by atoms with Gasteiger partial charge in [-0.3, -0.25) is 14.4 Å². The maximum absolute atomic E-state index is 14.5. The number of fused-ring (bicyclic) bond motifs is 2. The number of aliphatic hydroxyl groups excluding tert-OH is 1. The minimum atomic E-state index is -1.05. The predicted molar refractivity (Wildman–Crippen MR) is 123 cm³/mol. The van der Waals surface area contributed by atoms with Crippen molar-refractivity contribution in [1.29, 1.82) is 0 Å². The van der Waals surface area contributed by atoms with Crippen LogP contribution in [-0.2, 0) is 21.0 Å². The van der Waals surface area contributed by atoms with Crippen LogP contribution >= 0.6 is 0 Å². The molecule has 2 atom stereocenters. The molecule has 4 rings (SSSR count). The number of hydrogen-bond acceptors (Lipinski definition) is 6. The van der Waals surface area contributed by atoms with Gasteiger partial charge in [0, 0.05) is 24.1 Å². The Balaban J connectivity index is 1.98. The number of halogens is 1. The zero-order chi connectivity index (χ0) is 24.6. The van der Waals surface area contributed by atoms with Crippen LogP contribution in [0.25, 0.3) is 0 Å². The number of hydroxylamine groups is 2. The quantitative estimate of drug-likeness (QED) is 0.421. The van der Waals surface area contributed by atoms with Gasteiger partial charge in [0.25, 0.3) is 5.91 Å². The molecule has 2 unspecified atom stereocenters. The number of carbonyl (C=O) groups is 2. The van der Waals surface area contributed by atoms with E-state index in [2.05, 4.69) is 11.7 Å². The van der Waals surface area contributed by atoms with Crippen molar-refractivity contribution < 1.29 is 28.7 Å². The summed E-state index contributed by atoms with van der Waals surface area (Å²) in [6, 6.07) is 11.0. The molecule has 0 aliphatic carbocycles. The molecule has 2 aliphatic rings. The van der Waals surface area contributed by atoms with E-state index in [1.54, 1.807) is 6.07 Å². The molecule has 2 aromatic carbocycles. The minimum Gasteiger partial charge on any atom is -0.501 e. The molecule has 1 saturated heterocycles. The lowest BCUT2D eigenvalue weighted by Gasteiger charge is -2.46. The molecule has 9 heteroatoms. The number of hydrogen-bond donors (Lipinski definition) is 1. The smallest absolute Gasteiger partial charge is 0.313 e. The van der Waals surface area contributed by atoms with Crippen LogP contribution in [0.2, 0.25) is 0 Å². The topological polar surface area (TPSA) is 91.7 Å². The third-order valence-corrected chi connectivity index (χ3v) is 6.22. The molecule has 8 nitrogen and oxygen atoms in total. The normalized spacial score (nSPS) is 21.4. The monoisotopic (exact) mass is 467 g/mol. The first-order chi connectivity index (χ1) is 16.3. The first kappa shape index (κ1) is 23.4. The van der Waals surface area contributed by atoms with Gasteiger partial charge in [-0.15, -0.1) is 0 Å². The number of ether oxygens (including phenoxy) is 1. The first-order valence-electron chi connectivity index (χ1n) is 10.9. The maximum Gasteiger partial charge on any atom is 0.313 e. The Kier molecular flexibility index (Phi) is 6.39. The molecule has 1 fully saturated rings. The van der Waals surface area contributed by atoms with Crippen molar-refractivity contribution in [3.8, 4) is 5.75 Å². The third kappa shape index (κ3) is 3.92. The van der Waals surface area contributed by atoms with Crippen LogP contribution in [0, 0.1) is 5.82 Å². The van der Waals surface area contributed by atoms with Gasteiger partial charge < -0.3 is 14.7 Å². The molecule has 2 heterocycles. The van der Waals surface area contributed by atoms with Crippen molar-refractivity contribution in [3.05, 3.63) is 76.4 Å². The lowest BCUT2D eigenvalue weighted by molar-refractivity contribution is -0.178. The van der Waals surface area contributed by atoms with Gasteiger partial charge in [-0.2, -0.15) is 0 Å². The Hall–Kier alpha value is -3.72. The second-order valence-corrected chi connectivity index (χ2v) is 8.43. The highest BCUT2D eigenvalue weighted by molar-refractivity contribution is 6.04. The number of piperazine rings is 1. The summed E-state index contributed by atoms with van der Waals surface area (Å²) in [5, 5.41) is 11.9. The second kappa shape index (κ2) is 9.26. The summed E-state index contributed by atoms with van der Waals surface area (Å²) < 4.78 is 20.5. The summed E-state index contributed by atoms with van der Waals surface area (Å²) in [4.78, 5) is 35.9. The molecule has 34 heavy (non-hydrogen) atoms. The van der Waals surface area contributed by atoms with Crippen LogP contribution in [-0.4, -0.2) is 59.3 Å². The van der Waals surface area contributed by atoms with Crippen molar-refractivity contribution in [2.45, 2.75) is 38.5 Å². The maximum atomic E-state index is 14.5. The summed E-state index contributed by atoms with van der Waals surface area (Å²) in [7, 11) is 1.34. The molecule has 0 bridgehead atoms. The Labute approximate surface area is 196 Å². The van der Waals surface area contributed by atoms with E-state index in [-0.39, 0.29) is 24.9 Å². The Morgan fingerprint density at radius 3 is 2.68 bits per heavy atom. The van der Waals surface area contributed by atoms with Gasteiger partial charge in [0.15, 0.2) is 5.70 Å². The number of carbonyl (C=O) groups excluding carboxylic acids is 2. The van der Waals surface area contributed by atoms with Gasteiger partial charge in [0.1, 0.15) is 18.2 Å². The van der Waals surface area contributed by atoms with Gasteiger partial charge >= 0.3 is 5.91 Å². The molecule has 2 aliphatic heterocycles. The fraction of sp³-hybridized carbons (Fsp3) is 0.320. The van der Waals surface area contributed by atoms with Crippen LogP contribution < -0.4 is 4.74 Å². The molecule has 2 amide bonds. The molecule has 0 saturated carbocycles. The lowest BCUT2D eigenvalue weighted by Crippen LogP contribution is -2.58.